The van der Waals surface area contributed by atoms with E-state index in [1.54, 1.807) is 12.3 Å². The Morgan fingerprint density at radius 3 is 2.45 bits per heavy atom. The van der Waals surface area contributed by atoms with Crippen LogP contribution in [0.5, 0.6) is 17.2 Å². The summed E-state index contributed by atoms with van der Waals surface area (Å²) in [7, 11) is 0. The van der Waals surface area contributed by atoms with Crippen LogP contribution in [0.4, 0.5) is 0 Å². The monoisotopic (exact) mass is 704 g/mol. The van der Waals surface area contributed by atoms with Crippen LogP contribution in [-0.2, 0) is 19.6 Å². The van der Waals surface area contributed by atoms with Crippen LogP contribution in [-0.4, -0.2) is 54.7 Å². The van der Waals surface area contributed by atoms with Gasteiger partial charge in [-0.05, 0) is 86.6 Å². The van der Waals surface area contributed by atoms with Crippen molar-refractivity contribution in [1.29, 1.82) is 5.26 Å². The van der Waals surface area contributed by atoms with Gasteiger partial charge in [0.05, 0.1) is 22.2 Å². The van der Waals surface area contributed by atoms with Crippen molar-refractivity contribution in [3.8, 4) is 34.4 Å². The SMILES string of the molecule is N#Cc1cncc(COc2cc(OC3CCc4c(-c5cccc(OCCCNCCCO)c5Cl)cccc43)c(Cl)cc2CNCCCO)c1. The van der Waals surface area contributed by atoms with Crippen LogP contribution in [0.1, 0.15) is 59.6 Å². The van der Waals surface area contributed by atoms with E-state index in [4.69, 9.17) is 42.5 Å². The third kappa shape index (κ3) is 9.86. The lowest BCUT2D eigenvalue weighted by Crippen LogP contribution is -2.19. The first-order valence-corrected chi connectivity index (χ1v) is 17.4. The summed E-state index contributed by atoms with van der Waals surface area (Å²) in [5.41, 5.74) is 6.32. The standard InChI is InChI=1S/C38H42Cl2N4O5/c39-33-19-28(24-43-13-4-16-46)36(48-25-27-18-26(21-41)22-44-23-27)20-37(33)49-34-11-10-30-29(6-1-7-31(30)34)32-8-2-9-35(38(32)40)47-17-5-14-42-12-3-15-45/h1-2,6-9,18-20,22-23,34,42-43,45-46H,3-5,10-17,24-25H2. The molecule has 0 bridgehead atoms. The van der Waals surface area contributed by atoms with Crippen molar-refractivity contribution in [2.45, 2.75) is 51.4 Å². The molecule has 4 aromatic rings. The van der Waals surface area contributed by atoms with E-state index in [1.165, 1.54) is 11.8 Å². The Labute approximate surface area is 297 Å². The van der Waals surface area contributed by atoms with Gasteiger partial charge in [-0.25, -0.2) is 0 Å². The first-order valence-electron chi connectivity index (χ1n) is 16.6. The smallest absolute Gasteiger partial charge is 0.142 e. The molecule has 0 radical (unpaired) electrons. The third-order valence-electron chi connectivity index (χ3n) is 8.27. The van der Waals surface area contributed by atoms with Gasteiger partial charge in [0.15, 0.2) is 0 Å². The molecule has 1 aliphatic carbocycles. The van der Waals surface area contributed by atoms with E-state index in [0.29, 0.717) is 59.0 Å². The molecule has 0 fully saturated rings. The fraction of sp³-hybridized carbons (Fsp3) is 0.368. The highest BCUT2D eigenvalue weighted by molar-refractivity contribution is 6.35. The van der Waals surface area contributed by atoms with Gasteiger partial charge >= 0.3 is 0 Å². The minimum Gasteiger partial charge on any atom is -0.492 e. The number of halogens is 2. The van der Waals surface area contributed by atoms with Gasteiger partial charge in [-0.1, -0.05) is 53.5 Å². The van der Waals surface area contributed by atoms with Gasteiger partial charge in [-0.15, -0.1) is 0 Å². The minimum atomic E-state index is -0.220. The summed E-state index contributed by atoms with van der Waals surface area (Å²) in [5.74, 6) is 1.77. The van der Waals surface area contributed by atoms with E-state index in [0.717, 1.165) is 66.6 Å². The number of hydrogen-bond acceptors (Lipinski definition) is 9. The zero-order chi connectivity index (χ0) is 34.4. The van der Waals surface area contributed by atoms with Gasteiger partial charge in [0, 0.05) is 54.9 Å². The van der Waals surface area contributed by atoms with E-state index >= 15 is 0 Å². The Kier molecular flexibility index (Phi) is 13.9. The Morgan fingerprint density at radius 1 is 0.857 bits per heavy atom. The fourth-order valence-corrected chi connectivity index (χ4v) is 6.35. The lowest BCUT2D eigenvalue weighted by molar-refractivity contribution is 0.206. The van der Waals surface area contributed by atoms with Crippen molar-refractivity contribution in [2.24, 2.45) is 0 Å². The number of aliphatic hydroxyl groups is 2. The van der Waals surface area contributed by atoms with E-state index in [-0.39, 0.29) is 25.9 Å². The molecular formula is C38H42Cl2N4O5. The average molecular weight is 706 g/mol. The van der Waals surface area contributed by atoms with Crippen molar-refractivity contribution in [3.05, 3.63) is 105 Å². The number of benzene rings is 3. The highest BCUT2D eigenvalue weighted by atomic mass is 35.5. The van der Waals surface area contributed by atoms with Gasteiger partial charge in [-0.3, -0.25) is 4.98 Å². The van der Waals surface area contributed by atoms with Crippen LogP contribution in [0, 0.1) is 11.3 Å². The Balaban J connectivity index is 1.32. The Hall–Kier alpha value is -3.88. The van der Waals surface area contributed by atoms with Crippen LogP contribution < -0.4 is 24.8 Å². The predicted molar refractivity (Wildman–Crippen MR) is 191 cm³/mol. The predicted octanol–water partition coefficient (Wildman–Crippen LogP) is 6.79. The van der Waals surface area contributed by atoms with Crippen molar-refractivity contribution < 1.29 is 24.4 Å². The molecule has 1 aliphatic rings. The first kappa shape index (κ1) is 36.4. The molecule has 1 atom stereocenters. The number of pyridine rings is 1. The molecular weight excluding hydrogens is 663 g/mol. The van der Waals surface area contributed by atoms with Gasteiger partial charge in [0.1, 0.15) is 36.0 Å². The van der Waals surface area contributed by atoms with Gasteiger partial charge < -0.3 is 35.1 Å². The van der Waals surface area contributed by atoms with E-state index < -0.39 is 0 Å². The normalized spacial score (nSPS) is 13.6. The molecule has 49 heavy (non-hydrogen) atoms. The maximum absolute atomic E-state index is 9.27. The van der Waals surface area contributed by atoms with Crippen LogP contribution in [0.15, 0.2) is 67.0 Å². The lowest BCUT2D eigenvalue weighted by Gasteiger charge is -2.20. The van der Waals surface area contributed by atoms with Crippen molar-refractivity contribution in [1.82, 2.24) is 15.6 Å². The molecule has 9 nitrogen and oxygen atoms in total. The third-order valence-corrected chi connectivity index (χ3v) is 8.95. The van der Waals surface area contributed by atoms with Crippen LogP contribution >= 0.6 is 23.2 Å². The average Bonchev–Trinajstić information content (AvgIpc) is 3.53. The maximum atomic E-state index is 9.27. The second kappa shape index (κ2) is 18.8. The van der Waals surface area contributed by atoms with Crippen LogP contribution in [0.2, 0.25) is 10.0 Å². The number of ether oxygens (including phenoxy) is 3. The van der Waals surface area contributed by atoms with Crippen molar-refractivity contribution in [2.75, 3.05) is 39.5 Å². The molecule has 1 aromatic heterocycles. The quantitative estimate of drug-likeness (QED) is 0.0781. The largest absolute Gasteiger partial charge is 0.492 e. The molecule has 5 rings (SSSR count). The number of hydrogen-bond donors (Lipinski definition) is 4. The van der Waals surface area contributed by atoms with Gasteiger partial charge in [0.25, 0.3) is 0 Å². The summed E-state index contributed by atoms with van der Waals surface area (Å²) in [6.07, 6.45) is 6.75. The van der Waals surface area contributed by atoms with Gasteiger partial charge in [0.2, 0.25) is 0 Å². The molecule has 1 heterocycles. The van der Waals surface area contributed by atoms with E-state index in [2.05, 4.69) is 33.8 Å². The van der Waals surface area contributed by atoms with Gasteiger partial charge in [-0.2, -0.15) is 5.26 Å². The lowest BCUT2D eigenvalue weighted by atomic mass is 9.96. The van der Waals surface area contributed by atoms with Crippen LogP contribution in [0.25, 0.3) is 11.1 Å². The molecule has 1 unspecified atom stereocenters. The number of aromatic nitrogens is 1. The zero-order valence-corrected chi connectivity index (χ0v) is 28.9. The molecule has 0 amide bonds. The number of nitrogens with zero attached hydrogens (tertiary/aromatic N) is 2. The summed E-state index contributed by atoms with van der Waals surface area (Å²) < 4.78 is 18.9. The Morgan fingerprint density at radius 2 is 1.63 bits per heavy atom. The molecule has 0 saturated carbocycles. The summed E-state index contributed by atoms with van der Waals surface area (Å²) in [5, 5.41) is 35.0. The van der Waals surface area contributed by atoms with E-state index in [1.807, 2.05) is 36.4 Å². The molecule has 3 aromatic carbocycles. The van der Waals surface area contributed by atoms with Crippen molar-refractivity contribution in [3.63, 3.8) is 0 Å². The minimum absolute atomic E-state index is 0.104. The summed E-state index contributed by atoms with van der Waals surface area (Å²) in [6.45, 7) is 3.76. The Bertz CT molecular complexity index is 1730. The number of rotatable bonds is 19. The first-order chi connectivity index (χ1) is 24.0. The fourth-order valence-electron chi connectivity index (χ4n) is 5.84. The summed E-state index contributed by atoms with van der Waals surface area (Å²) in [4.78, 5) is 4.14. The topological polar surface area (TPSA) is 129 Å². The molecule has 0 aliphatic heterocycles. The number of nitrogens with one attached hydrogen (secondary N) is 2. The molecule has 11 heteroatoms. The maximum Gasteiger partial charge on any atom is 0.142 e. The molecule has 4 N–H and O–H groups in total. The highest BCUT2D eigenvalue weighted by Gasteiger charge is 2.28. The van der Waals surface area contributed by atoms with Crippen molar-refractivity contribution >= 4 is 23.2 Å². The second-order valence-corrected chi connectivity index (χ2v) is 12.6. The molecule has 0 saturated heterocycles. The second-order valence-electron chi connectivity index (χ2n) is 11.8. The number of aliphatic hydroxyl groups excluding tert-OH is 2. The van der Waals surface area contributed by atoms with E-state index in [9.17, 15) is 10.4 Å². The zero-order valence-electron chi connectivity index (χ0n) is 27.4. The molecule has 0 spiro atoms. The molecule has 258 valence electrons. The highest BCUT2D eigenvalue weighted by Crippen LogP contribution is 2.45. The summed E-state index contributed by atoms with van der Waals surface area (Å²) in [6, 6.07) is 19.6. The van der Waals surface area contributed by atoms with Crippen LogP contribution in [0.3, 0.4) is 0 Å². The number of fused-ring (bicyclic) bond motifs is 1. The number of nitriles is 1. The summed E-state index contributed by atoms with van der Waals surface area (Å²) >= 11 is 13.7.